The van der Waals surface area contributed by atoms with Gasteiger partial charge in [-0.2, -0.15) is 0 Å². The average Bonchev–Trinajstić information content (AvgIpc) is 2.82. The second-order valence-corrected chi connectivity index (χ2v) is 5.63. The molecule has 0 aromatic heterocycles. The second-order valence-electron chi connectivity index (χ2n) is 5.63. The molecule has 0 aliphatic carbocycles. The monoisotopic (exact) mass is 310 g/mol. The summed E-state index contributed by atoms with van der Waals surface area (Å²) in [6.07, 6.45) is 3.19. The Hall–Kier alpha value is -2.49. The molecule has 0 spiro atoms. The van der Waals surface area contributed by atoms with Crippen LogP contribution in [0, 0.1) is 0 Å². The van der Waals surface area contributed by atoms with Crippen LogP contribution in [-0.2, 0) is 6.42 Å². The highest BCUT2D eigenvalue weighted by Gasteiger charge is 2.20. The molecule has 0 fully saturated rings. The number of hydrogen-bond donors (Lipinski definition) is 1. The normalized spacial score (nSPS) is 13.8. The molecule has 1 aliphatic rings. The molecule has 0 radical (unpaired) electrons. The predicted octanol–water partition coefficient (Wildman–Crippen LogP) is 3.62. The van der Waals surface area contributed by atoms with Gasteiger partial charge >= 0.3 is 6.03 Å². The van der Waals surface area contributed by atoms with E-state index in [4.69, 9.17) is 4.74 Å². The standard InChI is InChI=1S/C19H22N2O2/c22-19(20-13-15-23-17-10-2-1-3-11-17)21-14-7-6-9-16-8-4-5-12-18(16)21/h1-5,8,10-12H,6-7,9,13-15H2,(H,20,22). The van der Waals surface area contributed by atoms with Crippen LogP contribution in [0.15, 0.2) is 54.6 Å². The third kappa shape index (κ3) is 4.03. The molecule has 2 amide bonds. The zero-order valence-corrected chi connectivity index (χ0v) is 13.2. The number of ether oxygens (including phenoxy) is 1. The van der Waals surface area contributed by atoms with Gasteiger partial charge in [-0.15, -0.1) is 0 Å². The van der Waals surface area contributed by atoms with E-state index in [2.05, 4.69) is 11.4 Å². The van der Waals surface area contributed by atoms with E-state index in [1.807, 2.05) is 53.4 Å². The molecule has 3 rings (SSSR count). The first-order valence-electron chi connectivity index (χ1n) is 8.16. The van der Waals surface area contributed by atoms with Crippen LogP contribution >= 0.6 is 0 Å². The molecule has 1 aliphatic heterocycles. The number of para-hydroxylation sites is 2. The molecule has 4 nitrogen and oxygen atoms in total. The van der Waals surface area contributed by atoms with Crippen molar-refractivity contribution in [2.24, 2.45) is 0 Å². The van der Waals surface area contributed by atoms with E-state index in [0.717, 1.165) is 37.2 Å². The van der Waals surface area contributed by atoms with Crippen molar-refractivity contribution in [3.05, 3.63) is 60.2 Å². The number of nitrogens with one attached hydrogen (secondary N) is 1. The SMILES string of the molecule is O=C(NCCOc1ccccc1)N1CCCCc2ccccc21. The first kappa shape index (κ1) is 15.4. The molecule has 0 saturated carbocycles. The smallest absolute Gasteiger partial charge is 0.321 e. The summed E-state index contributed by atoms with van der Waals surface area (Å²) in [5.41, 5.74) is 2.28. The van der Waals surface area contributed by atoms with Gasteiger partial charge in [-0.3, -0.25) is 4.90 Å². The Morgan fingerprint density at radius 2 is 1.83 bits per heavy atom. The predicted molar refractivity (Wildman–Crippen MR) is 92.1 cm³/mol. The van der Waals surface area contributed by atoms with E-state index in [1.165, 1.54) is 5.56 Å². The lowest BCUT2D eigenvalue weighted by atomic mass is 10.1. The van der Waals surface area contributed by atoms with Gasteiger partial charge in [0.1, 0.15) is 12.4 Å². The third-order valence-electron chi connectivity index (χ3n) is 4.00. The summed E-state index contributed by atoms with van der Waals surface area (Å²) in [7, 11) is 0. The highest BCUT2D eigenvalue weighted by atomic mass is 16.5. The summed E-state index contributed by atoms with van der Waals surface area (Å²) in [6, 6.07) is 17.8. The Balaban J connectivity index is 1.54. The van der Waals surface area contributed by atoms with Crippen LogP contribution in [0.5, 0.6) is 5.75 Å². The van der Waals surface area contributed by atoms with E-state index >= 15 is 0 Å². The van der Waals surface area contributed by atoms with E-state index in [1.54, 1.807) is 0 Å². The number of amides is 2. The second kappa shape index (κ2) is 7.68. The van der Waals surface area contributed by atoms with Gasteiger partial charge in [-0.25, -0.2) is 4.79 Å². The number of urea groups is 1. The van der Waals surface area contributed by atoms with Gasteiger partial charge < -0.3 is 10.1 Å². The number of aryl methyl sites for hydroxylation is 1. The zero-order valence-electron chi connectivity index (χ0n) is 13.2. The summed E-state index contributed by atoms with van der Waals surface area (Å²) < 4.78 is 5.60. The van der Waals surface area contributed by atoms with E-state index < -0.39 is 0 Å². The van der Waals surface area contributed by atoms with Gasteiger partial charge in [0, 0.05) is 12.2 Å². The fraction of sp³-hybridized carbons (Fsp3) is 0.316. The van der Waals surface area contributed by atoms with Gasteiger partial charge in [-0.1, -0.05) is 36.4 Å². The molecule has 23 heavy (non-hydrogen) atoms. The number of carbonyl (C=O) groups excluding carboxylic acids is 1. The molecular weight excluding hydrogens is 288 g/mol. The number of benzene rings is 2. The lowest BCUT2D eigenvalue weighted by Gasteiger charge is -2.23. The average molecular weight is 310 g/mol. The summed E-state index contributed by atoms with van der Waals surface area (Å²) in [6.45, 7) is 1.72. The number of hydrogen-bond acceptors (Lipinski definition) is 2. The highest BCUT2D eigenvalue weighted by molar-refractivity contribution is 5.92. The Bertz CT molecular complexity index is 643. The van der Waals surface area contributed by atoms with Crippen LogP contribution in [0.3, 0.4) is 0 Å². The van der Waals surface area contributed by atoms with Crippen LogP contribution in [0.2, 0.25) is 0 Å². The van der Waals surface area contributed by atoms with Crippen molar-refractivity contribution in [1.29, 1.82) is 0 Å². The van der Waals surface area contributed by atoms with Gasteiger partial charge in [0.25, 0.3) is 0 Å². The molecule has 2 aromatic rings. The molecule has 4 heteroatoms. The Labute approximate surface area is 137 Å². The van der Waals surface area contributed by atoms with Gasteiger partial charge in [0.15, 0.2) is 0 Å². The molecular formula is C19H22N2O2. The summed E-state index contributed by atoms with van der Waals surface area (Å²) in [5.74, 6) is 0.821. The van der Waals surface area contributed by atoms with Crippen molar-refractivity contribution in [2.45, 2.75) is 19.3 Å². The first-order chi connectivity index (χ1) is 11.3. The molecule has 120 valence electrons. The molecule has 0 unspecified atom stereocenters. The molecule has 0 saturated heterocycles. The van der Waals surface area contributed by atoms with Crippen LogP contribution in [-0.4, -0.2) is 25.7 Å². The van der Waals surface area contributed by atoms with E-state index in [0.29, 0.717) is 13.2 Å². The number of carbonyl (C=O) groups is 1. The van der Waals surface area contributed by atoms with Crippen molar-refractivity contribution in [3.8, 4) is 5.75 Å². The molecule has 0 bridgehead atoms. The third-order valence-corrected chi connectivity index (χ3v) is 4.00. The van der Waals surface area contributed by atoms with Crippen molar-refractivity contribution >= 4 is 11.7 Å². The molecule has 0 atom stereocenters. The number of rotatable bonds is 4. The lowest BCUT2D eigenvalue weighted by Crippen LogP contribution is -2.42. The highest BCUT2D eigenvalue weighted by Crippen LogP contribution is 2.25. The quantitative estimate of drug-likeness (QED) is 0.876. The summed E-state index contributed by atoms with van der Waals surface area (Å²) >= 11 is 0. The summed E-state index contributed by atoms with van der Waals surface area (Å²) in [5, 5.41) is 2.95. The zero-order chi connectivity index (χ0) is 15.9. The van der Waals surface area contributed by atoms with Crippen LogP contribution in [0.1, 0.15) is 18.4 Å². The number of fused-ring (bicyclic) bond motifs is 1. The van der Waals surface area contributed by atoms with Gasteiger partial charge in [0.05, 0.1) is 6.54 Å². The fourth-order valence-electron chi connectivity index (χ4n) is 2.84. The van der Waals surface area contributed by atoms with Gasteiger partial charge in [0.2, 0.25) is 0 Å². The van der Waals surface area contributed by atoms with Crippen molar-refractivity contribution in [1.82, 2.24) is 5.32 Å². The Morgan fingerprint density at radius 3 is 2.70 bits per heavy atom. The minimum absolute atomic E-state index is 0.0454. The van der Waals surface area contributed by atoms with E-state index in [-0.39, 0.29) is 6.03 Å². The first-order valence-corrected chi connectivity index (χ1v) is 8.16. The minimum Gasteiger partial charge on any atom is -0.492 e. The maximum atomic E-state index is 12.5. The largest absolute Gasteiger partial charge is 0.492 e. The maximum absolute atomic E-state index is 12.5. The maximum Gasteiger partial charge on any atom is 0.321 e. The summed E-state index contributed by atoms with van der Waals surface area (Å²) in [4.78, 5) is 14.3. The minimum atomic E-state index is -0.0454. The number of nitrogens with zero attached hydrogens (tertiary/aromatic N) is 1. The van der Waals surface area contributed by atoms with Crippen molar-refractivity contribution in [3.63, 3.8) is 0 Å². The topological polar surface area (TPSA) is 41.6 Å². The Morgan fingerprint density at radius 1 is 1.04 bits per heavy atom. The van der Waals surface area contributed by atoms with Crippen LogP contribution < -0.4 is 15.0 Å². The van der Waals surface area contributed by atoms with Crippen LogP contribution in [0.25, 0.3) is 0 Å². The van der Waals surface area contributed by atoms with Crippen molar-refractivity contribution in [2.75, 3.05) is 24.6 Å². The molecule has 2 aromatic carbocycles. The van der Waals surface area contributed by atoms with Crippen LogP contribution in [0.4, 0.5) is 10.5 Å². The van der Waals surface area contributed by atoms with E-state index in [9.17, 15) is 4.79 Å². The molecule has 1 N–H and O–H groups in total. The molecule has 1 heterocycles. The van der Waals surface area contributed by atoms with Crippen molar-refractivity contribution < 1.29 is 9.53 Å². The fourth-order valence-corrected chi connectivity index (χ4v) is 2.84. The number of anilines is 1. The van der Waals surface area contributed by atoms with Gasteiger partial charge in [-0.05, 0) is 43.0 Å². The lowest BCUT2D eigenvalue weighted by molar-refractivity contribution is 0.241. The Kier molecular flexibility index (Phi) is 5.14.